The monoisotopic (exact) mass is 364 g/mol. The van der Waals surface area contributed by atoms with Crippen molar-refractivity contribution >= 4 is 7.85 Å². The number of hydrogen-bond acceptors (Lipinski definition) is 0. The molecule has 0 aliphatic heterocycles. The van der Waals surface area contributed by atoms with Crippen LogP contribution in [-0.4, -0.2) is 7.85 Å². The van der Waals surface area contributed by atoms with Crippen LogP contribution in [0.2, 0.25) is 0 Å². The van der Waals surface area contributed by atoms with Crippen molar-refractivity contribution < 1.29 is 0 Å². The highest BCUT2D eigenvalue weighted by atomic mass is 14.3. The standard InChI is InChI=1S/C27H29B/c1-7-9-21-14-25-15-22(13-20(21)8-2)19(4)12-24(27(25,5)6)16-23-17-26(28)11-10-18(23)3/h7-14,16-19H,2H2,1,3-6H3/b9-7-,23-16-. The van der Waals surface area contributed by atoms with Gasteiger partial charge in [-0.15, -0.1) is 5.73 Å². The van der Waals surface area contributed by atoms with Crippen LogP contribution >= 0.6 is 0 Å². The van der Waals surface area contributed by atoms with Gasteiger partial charge in [0.2, 0.25) is 0 Å². The number of allylic oxidation sites excluding steroid dienone is 16. The van der Waals surface area contributed by atoms with Crippen LogP contribution in [0.5, 0.6) is 0 Å². The predicted molar refractivity (Wildman–Crippen MR) is 123 cm³/mol. The molecule has 0 aromatic heterocycles. The summed E-state index contributed by atoms with van der Waals surface area (Å²) in [7, 11) is 6.06. The van der Waals surface area contributed by atoms with E-state index in [1.54, 1.807) is 0 Å². The molecule has 2 unspecified atom stereocenters. The Balaban J connectivity index is 2.16. The molecule has 0 spiro atoms. The second-order valence-electron chi connectivity index (χ2n) is 8.37. The van der Waals surface area contributed by atoms with Crippen LogP contribution in [0.3, 0.4) is 0 Å². The van der Waals surface area contributed by atoms with E-state index < -0.39 is 0 Å². The Bertz CT molecular complexity index is 973. The van der Waals surface area contributed by atoms with Crippen molar-refractivity contribution in [1.82, 2.24) is 0 Å². The van der Waals surface area contributed by atoms with Crippen LogP contribution in [0.25, 0.3) is 0 Å². The number of rotatable bonds is 3. The molecule has 0 fully saturated rings. The van der Waals surface area contributed by atoms with Gasteiger partial charge in [0.1, 0.15) is 7.85 Å². The molecule has 3 aliphatic carbocycles. The van der Waals surface area contributed by atoms with Gasteiger partial charge in [0, 0.05) is 22.5 Å². The van der Waals surface area contributed by atoms with E-state index in [1.807, 2.05) is 19.1 Å². The average molecular weight is 364 g/mol. The lowest BCUT2D eigenvalue weighted by atomic mass is 9.74. The highest BCUT2D eigenvalue weighted by Crippen LogP contribution is 2.43. The minimum absolute atomic E-state index is 0.163. The van der Waals surface area contributed by atoms with E-state index in [1.165, 1.54) is 27.9 Å². The maximum absolute atomic E-state index is 6.06. The third-order valence-corrected chi connectivity index (χ3v) is 5.86. The van der Waals surface area contributed by atoms with Gasteiger partial charge in [-0.1, -0.05) is 88.4 Å². The van der Waals surface area contributed by atoms with Crippen LogP contribution < -0.4 is 0 Å². The molecule has 0 N–H and O–H groups in total. The smallest absolute Gasteiger partial charge is 0.112 e. The molecule has 0 saturated heterocycles. The van der Waals surface area contributed by atoms with E-state index in [4.69, 9.17) is 7.85 Å². The minimum Gasteiger partial charge on any atom is -0.112 e. The third-order valence-electron chi connectivity index (χ3n) is 5.86. The lowest BCUT2D eigenvalue weighted by Gasteiger charge is -2.29. The Hall–Kier alpha value is -2.50. The highest BCUT2D eigenvalue weighted by molar-refractivity contribution is 6.23. The van der Waals surface area contributed by atoms with E-state index in [0.717, 1.165) is 11.0 Å². The second kappa shape index (κ2) is 7.86. The first-order valence-electron chi connectivity index (χ1n) is 10.1. The van der Waals surface area contributed by atoms with Gasteiger partial charge < -0.3 is 0 Å². The van der Waals surface area contributed by atoms with Gasteiger partial charge in [0.25, 0.3) is 0 Å². The summed E-state index contributed by atoms with van der Waals surface area (Å²) in [5, 5.41) is 0. The zero-order chi connectivity index (χ0) is 20.5. The molecule has 3 aliphatic rings. The quantitative estimate of drug-likeness (QED) is 0.379. The van der Waals surface area contributed by atoms with E-state index in [9.17, 15) is 0 Å². The molecule has 0 aromatic carbocycles. The fourth-order valence-electron chi connectivity index (χ4n) is 3.84. The Morgan fingerprint density at radius 2 is 1.86 bits per heavy atom. The van der Waals surface area contributed by atoms with Gasteiger partial charge in [0.15, 0.2) is 0 Å². The van der Waals surface area contributed by atoms with E-state index in [-0.39, 0.29) is 11.3 Å². The maximum Gasteiger partial charge on any atom is 0.113 e. The average Bonchev–Trinajstić information content (AvgIpc) is 2.88. The van der Waals surface area contributed by atoms with E-state index in [2.05, 4.69) is 88.6 Å². The van der Waals surface area contributed by atoms with Gasteiger partial charge in [-0.05, 0) is 47.3 Å². The molecule has 2 radical (unpaired) electrons. The Morgan fingerprint density at radius 3 is 2.54 bits per heavy atom. The van der Waals surface area contributed by atoms with Crippen LogP contribution in [0, 0.1) is 17.3 Å². The van der Waals surface area contributed by atoms with Gasteiger partial charge in [0.05, 0.1) is 0 Å². The lowest BCUT2D eigenvalue weighted by molar-refractivity contribution is 0.563. The fourth-order valence-corrected chi connectivity index (χ4v) is 3.84. The molecule has 28 heavy (non-hydrogen) atoms. The van der Waals surface area contributed by atoms with Gasteiger partial charge in [-0.3, -0.25) is 0 Å². The molecule has 3 rings (SSSR count). The first-order valence-corrected chi connectivity index (χ1v) is 10.1. The molecular formula is C27H29B. The number of hydrogen-bond donors (Lipinski definition) is 0. The molecule has 2 bridgehead atoms. The first kappa shape index (κ1) is 20.2. The summed E-state index contributed by atoms with van der Waals surface area (Å²) in [5.41, 5.74) is 11.7. The summed E-state index contributed by atoms with van der Waals surface area (Å²) in [6, 6.07) is 0. The summed E-state index contributed by atoms with van der Waals surface area (Å²) in [4.78, 5) is 0. The predicted octanol–water partition coefficient (Wildman–Crippen LogP) is 6.85. The summed E-state index contributed by atoms with van der Waals surface area (Å²) >= 11 is 0. The largest absolute Gasteiger partial charge is 0.113 e. The van der Waals surface area contributed by atoms with E-state index >= 15 is 0 Å². The summed E-state index contributed by atoms with van der Waals surface area (Å²) in [5.74, 6) is 0.629. The summed E-state index contributed by atoms with van der Waals surface area (Å²) < 4.78 is 0. The van der Waals surface area contributed by atoms with Crippen molar-refractivity contribution in [1.29, 1.82) is 0 Å². The molecule has 0 heterocycles. The minimum atomic E-state index is -0.163. The van der Waals surface area contributed by atoms with Crippen LogP contribution in [0.1, 0.15) is 34.6 Å². The van der Waals surface area contributed by atoms with E-state index in [0.29, 0.717) is 5.92 Å². The maximum atomic E-state index is 6.06. The molecule has 140 valence electrons. The second-order valence-corrected chi connectivity index (χ2v) is 8.37. The SMILES string of the molecule is [B]C1=C/C(=C/C2=CC(C)C3=C=C(C=C(/C=C\C)C(C=C)=C3)C2(C)C)C(C)C=C1. The lowest BCUT2D eigenvalue weighted by Crippen LogP contribution is -2.17. The molecule has 0 aromatic rings. The first-order chi connectivity index (χ1) is 13.3. The Labute approximate surface area is 171 Å². The molecule has 0 nitrogen and oxygen atoms in total. The van der Waals surface area contributed by atoms with Crippen molar-refractivity contribution in [3.8, 4) is 0 Å². The van der Waals surface area contributed by atoms with Gasteiger partial charge in [-0.25, -0.2) is 0 Å². The normalized spacial score (nSPS) is 27.8. The van der Waals surface area contributed by atoms with Gasteiger partial charge in [-0.2, -0.15) is 0 Å². The Kier molecular flexibility index (Phi) is 5.68. The zero-order valence-corrected chi connectivity index (χ0v) is 17.7. The molecular weight excluding hydrogens is 335 g/mol. The van der Waals surface area contributed by atoms with Gasteiger partial charge >= 0.3 is 0 Å². The van der Waals surface area contributed by atoms with Crippen molar-refractivity contribution in [2.45, 2.75) is 34.6 Å². The van der Waals surface area contributed by atoms with Crippen LogP contribution in [-0.2, 0) is 0 Å². The molecule has 1 heteroatoms. The van der Waals surface area contributed by atoms with Crippen molar-refractivity contribution in [3.63, 3.8) is 0 Å². The molecule has 0 amide bonds. The molecule has 2 atom stereocenters. The van der Waals surface area contributed by atoms with Crippen molar-refractivity contribution in [2.75, 3.05) is 0 Å². The highest BCUT2D eigenvalue weighted by Gasteiger charge is 2.30. The topological polar surface area (TPSA) is 0 Å². The Morgan fingerprint density at radius 1 is 1.11 bits per heavy atom. The summed E-state index contributed by atoms with van der Waals surface area (Å²) in [6.07, 6.45) is 21.6. The zero-order valence-electron chi connectivity index (χ0n) is 17.7. The van der Waals surface area contributed by atoms with Crippen molar-refractivity contribution in [3.05, 3.63) is 112 Å². The molecule has 0 saturated carbocycles. The van der Waals surface area contributed by atoms with Crippen molar-refractivity contribution in [2.24, 2.45) is 17.3 Å². The van der Waals surface area contributed by atoms with Crippen LogP contribution in [0.4, 0.5) is 0 Å². The fraction of sp³-hybridized carbons (Fsp3) is 0.296. The third kappa shape index (κ3) is 3.86. The van der Waals surface area contributed by atoms with Crippen LogP contribution in [0.15, 0.2) is 112 Å². The summed E-state index contributed by atoms with van der Waals surface area (Å²) in [6.45, 7) is 15.1.